The normalized spacial score (nSPS) is 22.2. The molecular weight excluding hydrogens is 298 g/mol. The number of aliphatic carboxylic acids is 1. The van der Waals surface area contributed by atoms with E-state index in [2.05, 4.69) is 0 Å². The van der Waals surface area contributed by atoms with E-state index < -0.39 is 18.2 Å². The summed E-state index contributed by atoms with van der Waals surface area (Å²) in [4.78, 5) is 25.0. The van der Waals surface area contributed by atoms with Crippen LogP contribution in [0.4, 0.5) is 0 Å². The van der Waals surface area contributed by atoms with Gasteiger partial charge in [-0.3, -0.25) is 4.79 Å². The van der Waals surface area contributed by atoms with Crippen LogP contribution in [0.25, 0.3) is 11.0 Å². The number of hydrogen-bond donors (Lipinski definition) is 1. The molecule has 0 radical (unpaired) electrons. The van der Waals surface area contributed by atoms with Crippen molar-refractivity contribution < 1.29 is 23.8 Å². The molecule has 6 nitrogen and oxygen atoms in total. The summed E-state index contributed by atoms with van der Waals surface area (Å²) in [6.45, 7) is 1.87. The summed E-state index contributed by atoms with van der Waals surface area (Å²) in [6.07, 6.45) is -0.808. The van der Waals surface area contributed by atoms with Gasteiger partial charge in [-0.05, 0) is 31.9 Å². The first-order valence-electron chi connectivity index (χ1n) is 7.61. The largest absolute Gasteiger partial charge is 0.479 e. The zero-order valence-electron chi connectivity index (χ0n) is 13.1. The zero-order chi connectivity index (χ0) is 16.6. The molecular formula is C17H19NO5. The van der Waals surface area contributed by atoms with Crippen molar-refractivity contribution in [1.29, 1.82) is 0 Å². The van der Waals surface area contributed by atoms with Crippen molar-refractivity contribution in [3.05, 3.63) is 36.1 Å². The molecule has 0 spiro atoms. The Kier molecular flexibility index (Phi) is 4.09. The van der Waals surface area contributed by atoms with Gasteiger partial charge in [-0.2, -0.15) is 0 Å². The number of carbonyl (C=O) groups excluding carboxylic acids is 1. The van der Waals surface area contributed by atoms with E-state index in [1.54, 1.807) is 11.9 Å². The van der Waals surface area contributed by atoms with Crippen molar-refractivity contribution in [1.82, 2.24) is 4.90 Å². The number of carboxylic acid groups (broad SMARTS) is 1. The van der Waals surface area contributed by atoms with Crippen LogP contribution in [0.1, 0.15) is 31.6 Å². The molecule has 1 saturated heterocycles. The van der Waals surface area contributed by atoms with E-state index in [-0.39, 0.29) is 11.9 Å². The van der Waals surface area contributed by atoms with Gasteiger partial charge in [0.15, 0.2) is 6.10 Å². The van der Waals surface area contributed by atoms with Gasteiger partial charge in [0, 0.05) is 12.4 Å². The molecule has 6 heteroatoms. The lowest BCUT2D eigenvalue weighted by Gasteiger charge is -2.26. The third kappa shape index (κ3) is 2.94. The number of para-hydroxylation sites is 1. The first-order chi connectivity index (χ1) is 11.0. The van der Waals surface area contributed by atoms with Gasteiger partial charge >= 0.3 is 5.97 Å². The Morgan fingerprint density at radius 3 is 2.61 bits per heavy atom. The zero-order valence-corrected chi connectivity index (χ0v) is 13.1. The van der Waals surface area contributed by atoms with Gasteiger partial charge in [0.25, 0.3) is 5.91 Å². The number of furan rings is 1. The highest BCUT2D eigenvalue weighted by Crippen LogP contribution is 2.29. The summed E-state index contributed by atoms with van der Waals surface area (Å²) in [6, 6.07) is 9.31. The third-order valence-electron chi connectivity index (χ3n) is 4.36. The molecule has 0 bridgehead atoms. The fraction of sp³-hybridized carbons (Fsp3) is 0.412. The number of carbonyl (C=O) groups is 2. The Morgan fingerprint density at radius 1 is 1.26 bits per heavy atom. The van der Waals surface area contributed by atoms with Gasteiger partial charge in [0.2, 0.25) is 0 Å². The molecule has 3 rings (SSSR count). The smallest absolute Gasteiger partial charge is 0.332 e. The number of amides is 1. The average molecular weight is 317 g/mol. The van der Waals surface area contributed by atoms with E-state index in [1.807, 2.05) is 37.3 Å². The average Bonchev–Trinajstić information content (AvgIpc) is 3.19. The number of benzene rings is 1. The maximum Gasteiger partial charge on any atom is 0.332 e. The summed E-state index contributed by atoms with van der Waals surface area (Å²) >= 11 is 0. The maximum atomic E-state index is 12.5. The highest BCUT2D eigenvalue weighted by Gasteiger charge is 2.37. The second-order valence-electron chi connectivity index (χ2n) is 5.84. The Morgan fingerprint density at radius 2 is 1.96 bits per heavy atom. The van der Waals surface area contributed by atoms with Gasteiger partial charge < -0.3 is 19.2 Å². The highest BCUT2D eigenvalue weighted by molar-refractivity contribution is 5.83. The van der Waals surface area contributed by atoms with Crippen LogP contribution in [0.5, 0.6) is 0 Å². The highest BCUT2D eigenvalue weighted by atomic mass is 16.5. The quantitative estimate of drug-likeness (QED) is 0.937. The summed E-state index contributed by atoms with van der Waals surface area (Å²) < 4.78 is 11.1. The Hall–Kier alpha value is -2.34. The number of fused-ring (bicyclic) bond motifs is 1. The van der Waals surface area contributed by atoms with Crippen molar-refractivity contribution in [2.24, 2.45) is 0 Å². The van der Waals surface area contributed by atoms with Crippen molar-refractivity contribution in [2.75, 3.05) is 7.05 Å². The molecule has 1 aliphatic heterocycles. The lowest BCUT2D eigenvalue weighted by Crippen LogP contribution is -2.38. The first-order valence-corrected chi connectivity index (χ1v) is 7.61. The molecule has 1 amide bonds. The predicted molar refractivity (Wildman–Crippen MR) is 82.9 cm³/mol. The van der Waals surface area contributed by atoms with Gasteiger partial charge in [-0.25, -0.2) is 4.79 Å². The van der Waals surface area contributed by atoms with Gasteiger partial charge in [-0.15, -0.1) is 0 Å². The predicted octanol–water partition coefficient (Wildman–Crippen LogP) is 2.58. The van der Waals surface area contributed by atoms with Crippen LogP contribution >= 0.6 is 0 Å². The molecule has 122 valence electrons. The summed E-state index contributed by atoms with van der Waals surface area (Å²) in [5, 5.41) is 9.94. The van der Waals surface area contributed by atoms with E-state index in [9.17, 15) is 9.59 Å². The van der Waals surface area contributed by atoms with E-state index >= 15 is 0 Å². The second kappa shape index (κ2) is 6.04. The monoisotopic (exact) mass is 317 g/mol. The molecule has 1 unspecified atom stereocenters. The van der Waals surface area contributed by atoms with Crippen LogP contribution in [0.15, 0.2) is 34.7 Å². The number of carboxylic acids is 1. The standard InChI is InChI=1S/C17H19NO5/c1-10(15-9-11-5-3-4-6-12(11)22-15)18(2)16(19)13-7-8-14(23-13)17(20)21/h3-6,9-10,13-14H,7-8H2,1-2H3,(H,20,21)/t10?,13-,14+/m0/s1. The van der Waals surface area contributed by atoms with Crippen LogP contribution in [0, 0.1) is 0 Å². The van der Waals surface area contributed by atoms with Crippen LogP contribution in [0.2, 0.25) is 0 Å². The van der Waals surface area contributed by atoms with Gasteiger partial charge in [-0.1, -0.05) is 18.2 Å². The minimum Gasteiger partial charge on any atom is -0.479 e. The summed E-state index contributed by atoms with van der Waals surface area (Å²) in [5.74, 6) is -0.551. The maximum absolute atomic E-state index is 12.5. The minimum atomic E-state index is -1.02. The molecule has 2 aromatic rings. The molecule has 3 atom stereocenters. The first kappa shape index (κ1) is 15.6. The molecule has 1 aromatic carbocycles. The van der Waals surface area contributed by atoms with E-state index in [1.165, 1.54) is 0 Å². The molecule has 1 fully saturated rings. The van der Waals surface area contributed by atoms with Crippen LogP contribution in [0.3, 0.4) is 0 Å². The van der Waals surface area contributed by atoms with Crippen LogP contribution in [-0.2, 0) is 14.3 Å². The third-order valence-corrected chi connectivity index (χ3v) is 4.36. The Bertz CT molecular complexity index is 704. The molecule has 1 aromatic heterocycles. The van der Waals surface area contributed by atoms with Crippen LogP contribution in [-0.4, -0.2) is 41.1 Å². The number of rotatable bonds is 4. The molecule has 1 N–H and O–H groups in total. The van der Waals surface area contributed by atoms with Gasteiger partial charge in [0.1, 0.15) is 17.4 Å². The number of hydrogen-bond acceptors (Lipinski definition) is 4. The van der Waals surface area contributed by atoms with Crippen molar-refractivity contribution >= 4 is 22.8 Å². The van der Waals surface area contributed by atoms with E-state index in [0.717, 1.165) is 11.0 Å². The van der Waals surface area contributed by atoms with Crippen LogP contribution < -0.4 is 0 Å². The molecule has 2 heterocycles. The molecule has 1 aliphatic rings. The summed E-state index contributed by atoms with van der Waals surface area (Å²) in [7, 11) is 1.68. The van der Waals surface area contributed by atoms with Crippen molar-refractivity contribution in [2.45, 2.75) is 38.0 Å². The Labute approximate surface area is 133 Å². The topological polar surface area (TPSA) is 80.0 Å². The van der Waals surface area contributed by atoms with Crippen molar-refractivity contribution in [3.8, 4) is 0 Å². The number of nitrogens with zero attached hydrogens (tertiary/aromatic N) is 1. The fourth-order valence-electron chi connectivity index (χ4n) is 2.82. The number of ether oxygens (including phenoxy) is 1. The molecule has 0 saturated carbocycles. The van der Waals surface area contributed by atoms with Gasteiger partial charge in [0.05, 0.1) is 6.04 Å². The molecule has 0 aliphatic carbocycles. The fourth-order valence-corrected chi connectivity index (χ4v) is 2.82. The van der Waals surface area contributed by atoms with Crippen molar-refractivity contribution in [3.63, 3.8) is 0 Å². The Balaban J connectivity index is 1.72. The lowest BCUT2D eigenvalue weighted by atomic mass is 10.1. The minimum absolute atomic E-state index is 0.221. The number of likely N-dealkylation sites (N-methyl/N-ethyl adjacent to an activating group) is 1. The SMILES string of the molecule is CC(c1cc2ccccc2o1)N(C)C(=O)[C@@H]1CC[C@H](C(=O)O)O1. The summed E-state index contributed by atoms with van der Waals surface area (Å²) in [5.41, 5.74) is 0.776. The van der Waals surface area contributed by atoms with E-state index in [4.69, 9.17) is 14.3 Å². The molecule has 23 heavy (non-hydrogen) atoms. The second-order valence-corrected chi connectivity index (χ2v) is 5.84. The van der Waals surface area contributed by atoms with E-state index in [0.29, 0.717) is 18.6 Å². The lowest BCUT2D eigenvalue weighted by molar-refractivity contribution is -0.155.